The first kappa shape index (κ1) is 11.9. The number of hydrogen-bond acceptors (Lipinski definition) is 2. The molecule has 2 heteroatoms. The number of nitrogens with zero attached hydrogens (tertiary/aromatic N) is 1. The molecule has 0 aromatic heterocycles. The van der Waals surface area contributed by atoms with E-state index in [0.29, 0.717) is 6.04 Å². The highest BCUT2D eigenvalue weighted by molar-refractivity contribution is 5.53. The minimum Gasteiger partial charge on any atom is -0.399 e. The van der Waals surface area contributed by atoms with Gasteiger partial charge in [-0.3, -0.25) is 0 Å². The second-order valence-electron chi connectivity index (χ2n) is 4.68. The average molecular weight is 206 g/mol. The molecule has 2 N–H and O–H groups in total. The minimum atomic E-state index is 0.564. The predicted octanol–water partition coefficient (Wildman–Crippen LogP) is 3.14. The number of nitrogen functional groups attached to an aromatic ring is 1. The van der Waals surface area contributed by atoms with Crippen molar-refractivity contribution < 1.29 is 0 Å². The lowest BCUT2D eigenvalue weighted by Gasteiger charge is -2.28. The molecule has 84 valence electrons. The quantitative estimate of drug-likeness (QED) is 0.767. The summed E-state index contributed by atoms with van der Waals surface area (Å²) in [5.41, 5.74) is 7.72. The topological polar surface area (TPSA) is 29.3 Å². The molecule has 0 aliphatic carbocycles. The molecule has 1 rings (SSSR count). The van der Waals surface area contributed by atoms with Crippen LogP contribution in [0, 0.1) is 5.92 Å². The van der Waals surface area contributed by atoms with Crippen molar-refractivity contribution in [2.24, 2.45) is 5.92 Å². The van der Waals surface area contributed by atoms with Gasteiger partial charge < -0.3 is 10.6 Å². The lowest BCUT2D eigenvalue weighted by Crippen LogP contribution is -2.29. The van der Waals surface area contributed by atoms with Gasteiger partial charge in [-0.1, -0.05) is 13.8 Å². The first-order chi connectivity index (χ1) is 7.00. The van der Waals surface area contributed by atoms with E-state index in [0.717, 1.165) is 11.6 Å². The van der Waals surface area contributed by atoms with Crippen LogP contribution in [-0.4, -0.2) is 13.1 Å². The normalized spacial score (nSPS) is 12.9. The molecule has 0 aliphatic rings. The zero-order valence-electron chi connectivity index (χ0n) is 10.2. The van der Waals surface area contributed by atoms with E-state index in [9.17, 15) is 0 Å². The third-order valence-electron chi connectivity index (χ3n) is 2.77. The molecular weight excluding hydrogens is 184 g/mol. The molecule has 0 radical (unpaired) electrons. The highest BCUT2D eigenvalue weighted by Gasteiger charge is 2.11. The Labute approximate surface area is 93.1 Å². The molecule has 0 spiro atoms. The molecule has 0 aliphatic heterocycles. The summed E-state index contributed by atoms with van der Waals surface area (Å²) in [5, 5.41) is 0. The van der Waals surface area contributed by atoms with Gasteiger partial charge in [0.25, 0.3) is 0 Å². The van der Waals surface area contributed by atoms with E-state index in [1.807, 2.05) is 12.1 Å². The number of nitrogens with two attached hydrogens (primary N) is 1. The van der Waals surface area contributed by atoms with Crippen molar-refractivity contribution in [1.82, 2.24) is 0 Å². The fourth-order valence-electron chi connectivity index (χ4n) is 1.80. The molecule has 0 amide bonds. The van der Waals surface area contributed by atoms with Crippen molar-refractivity contribution >= 4 is 11.4 Å². The first-order valence-corrected chi connectivity index (χ1v) is 5.59. The van der Waals surface area contributed by atoms with Crippen LogP contribution in [0.2, 0.25) is 0 Å². The summed E-state index contributed by atoms with van der Waals surface area (Å²) in [6.45, 7) is 6.77. The van der Waals surface area contributed by atoms with E-state index in [4.69, 9.17) is 5.73 Å². The maximum Gasteiger partial charge on any atom is 0.0367 e. The Hall–Kier alpha value is -1.18. The van der Waals surface area contributed by atoms with Crippen LogP contribution in [0.4, 0.5) is 11.4 Å². The lowest BCUT2D eigenvalue weighted by molar-refractivity contribution is 0.504. The van der Waals surface area contributed by atoms with Crippen LogP contribution in [0.1, 0.15) is 27.2 Å². The van der Waals surface area contributed by atoms with Crippen molar-refractivity contribution in [1.29, 1.82) is 0 Å². The maximum atomic E-state index is 5.67. The zero-order chi connectivity index (χ0) is 11.4. The smallest absolute Gasteiger partial charge is 0.0367 e. The van der Waals surface area contributed by atoms with Gasteiger partial charge in [0, 0.05) is 24.5 Å². The second kappa shape index (κ2) is 5.06. The number of benzene rings is 1. The summed E-state index contributed by atoms with van der Waals surface area (Å²) in [4.78, 5) is 2.30. The van der Waals surface area contributed by atoms with Gasteiger partial charge in [0.1, 0.15) is 0 Å². The average Bonchev–Trinajstić information content (AvgIpc) is 2.17. The number of rotatable bonds is 4. The molecule has 1 atom stereocenters. The highest BCUT2D eigenvalue weighted by Crippen LogP contribution is 2.19. The summed E-state index contributed by atoms with van der Waals surface area (Å²) < 4.78 is 0. The molecule has 0 saturated heterocycles. The minimum absolute atomic E-state index is 0.564. The van der Waals surface area contributed by atoms with Gasteiger partial charge in [0.05, 0.1) is 0 Å². The van der Waals surface area contributed by atoms with Crippen LogP contribution in [-0.2, 0) is 0 Å². The van der Waals surface area contributed by atoms with Crippen molar-refractivity contribution in [3.63, 3.8) is 0 Å². The molecule has 0 saturated carbocycles. The summed E-state index contributed by atoms with van der Waals surface area (Å²) in [6, 6.07) is 8.62. The van der Waals surface area contributed by atoms with Crippen LogP contribution in [0.3, 0.4) is 0 Å². The van der Waals surface area contributed by atoms with Gasteiger partial charge in [-0.25, -0.2) is 0 Å². The van der Waals surface area contributed by atoms with E-state index >= 15 is 0 Å². The van der Waals surface area contributed by atoms with Crippen molar-refractivity contribution in [2.75, 3.05) is 17.7 Å². The standard InChI is InChI=1S/C13H22N2/c1-10(2)9-11(3)15(4)13-7-5-12(14)6-8-13/h5-8,10-11H,9,14H2,1-4H3. The van der Waals surface area contributed by atoms with Gasteiger partial charge in [-0.2, -0.15) is 0 Å². The fourth-order valence-corrected chi connectivity index (χ4v) is 1.80. The van der Waals surface area contributed by atoms with Crippen LogP contribution < -0.4 is 10.6 Å². The molecular formula is C13H22N2. The first-order valence-electron chi connectivity index (χ1n) is 5.59. The Balaban J connectivity index is 2.67. The lowest BCUT2D eigenvalue weighted by atomic mass is 10.0. The Kier molecular flexibility index (Phi) is 4.01. The second-order valence-corrected chi connectivity index (χ2v) is 4.68. The van der Waals surface area contributed by atoms with Gasteiger partial charge in [-0.15, -0.1) is 0 Å². The highest BCUT2D eigenvalue weighted by atomic mass is 15.1. The van der Waals surface area contributed by atoms with Crippen molar-refractivity contribution in [3.05, 3.63) is 24.3 Å². The Morgan fingerprint density at radius 3 is 2.13 bits per heavy atom. The third kappa shape index (κ3) is 3.46. The van der Waals surface area contributed by atoms with Gasteiger partial charge in [0.15, 0.2) is 0 Å². The van der Waals surface area contributed by atoms with E-state index in [-0.39, 0.29) is 0 Å². The third-order valence-corrected chi connectivity index (χ3v) is 2.77. The number of anilines is 2. The van der Waals surface area contributed by atoms with E-state index in [2.05, 4.69) is 44.9 Å². The largest absolute Gasteiger partial charge is 0.399 e. The van der Waals surface area contributed by atoms with Crippen LogP contribution in [0.5, 0.6) is 0 Å². The molecule has 1 aromatic carbocycles. The SMILES string of the molecule is CC(C)CC(C)N(C)c1ccc(N)cc1. The van der Waals surface area contributed by atoms with Gasteiger partial charge in [0.2, 0.25) is 0 Å². The molecule has 2 nitrogen and oxygen atoms in total. The van der Waals surface area contributed by atoms with E-state index < -0.39 is 0 Å². The summed E-state index contributed by atoms with van der Waals surface area (Å²) >= 11 is 0. The Morgan fingerprint density at radius 1 is 1.13 bits per heavy atom. The zero-order valence-corrected chi connectivity index (χ0v) is 10.2. The fraction of sp³-hybridized carbons (Fsp3) is 0.538. The monoisotopic (exact) mass is 206 g/mol. The summed E-state index contributed by atoms with van der Waals surface area (Å²) in [5.74, 6) is 0.733. The predicted molar refractivity (Wildman–Crippen MR) is 68.2 cm³/mol. The van der Waals surface area contributed by atoms with Gasteiger partial charge >= 0.3 is 0 Å². The van der Waals surface area contributed by atoms with E-state index in [1.165, 1.54) is 12.1 Å². The van der Waals surface area contributed by atoms with E-state index in [1.54, 1.807) is 0 Å². The summed E-state index contributed by atoms with van der Waals surface area (Å²) in [7, 11) is 2.14. The van der Waals surface area contributed by atoms with Crippen molar-refractivity contribution in [2.45, 2.75) is 33.2 Å². The molecule has 0 bridgehead atoms. The van der Waals surface area contributed by atoms with Crippen LogP contribution in [0.15, 0.2) is 24.3 Å². The van der Waals surface area contributed by atoms with Gasteiger partial charge in [-0.05, 0) is 43.5 Å². The molecule has 1 unspecified atom stereocenters. The van der Waals surface area contributed by atoms with Crippen molar-refractivity contribution in [3.8, 4) is 0 Å². The Bertz CT molecular complexity index is 290. The molecule has 0 heterocycles. The molecule has 0 fully saturated rings. The Morgan fingerprint density at radius 2 is 1.67 bits per heavy atom. The van der Waals surface area contributed by atoms with Crippen LogP contribution >= 0.6 is 0 Å². The number of hydrogen-bond donors (Lipinski definition) is 1. The summed E-state index contributed by atoms with van der Waals surface area (Å²) in [6.07, 6.45) is 1.21. The molecule has 15 heavy (non-hydrogen) atoms. The molecule has 1 aromatic rings. The maximum absolute atomic E-state index is 5.67. The van der Waals surface area contributed by atoms with Crippen LogP contribution in [0.25, 0.3) is 0 Å².